The van der Waals surface area contributed by atoms with E-state index >= 15 is 0 Å². The van der Waals surface area contributed by atoms with Crippen molar-refractivity contribution in [1.29, 1.82) is 0 Å². The second-order valence-electron chi connectivity index (χ2n) is 5.72. The largest absolute Gasteiger partial charge is 0.372 e. The number of ether oxygens (including phenoxy) is 2. The standard InChI is InChI=1S/C15H20N2O2S/c1-15(2)10-16-7-11(19-15)8-18-9-14-17-12-5-3-4-6-13(12)20-14/h3-6,11,16H,7-10H2,1-2H3. The van der Waals surface area contributed by atoms with Crippen LogP contribution >= 0.6 is 11.3 Å². The van der Waals surface area contributed by atoms with Gasteiger partial charge in [-0.15, -0.1) is 11.3 Å². The third-order valence-corrected chi connectivity index (χ3v) is 4.29. The lowest BCUT2D eigenvalue weighted by Gasteiger charge is -2.36. The molecule has 1 unspecified atom stereocenters. The van der Waals surface area contributed by atoms with Crippen LogP contribution in [0.4, 0.5) is 0 Å². The molecule has 0 aliphatic carbocycles. The molecule has 0 spiro atoms. The molecule has 1 fully saturated rings. The molecule has 1 saturated heterocycles. The molecule has 20 heavy (non-hydrogen) atoms. The van der Waals surface area contributed by atoms with Crippen molar-refractivity contribution in [1.82, 2.24) is 10.3 Å². The Morgan fingerprint density at radius 3 is 3.10 bits per heavy atom. The third kappa shape index (κ3) is 3.35. The third-order valence-electron chi connectivity index (χ3n) is 3.28. The van der Waals surface area contributed by atoms with Crippen molar-refractivity contribution >= 4 is 21.6 Å². The number of para-hydroxylation sites is 1. The Kier molecular flexibility index (Phi) is 4.03. The van der Waals surface area contributed by atoms with Crippen LogP contribution in [0.25, 0.3) is 10.2 Å². The SMILES string of the molecule is CC1(C)CNCC(COCc2nc3ccccc3s2)O1. The van der Waals surface area contributed by atoms with E-state index in [0.29, 0.717) is 13.2 Å². The van der Waals surface area contributed by atoms with Gasteiger partial charge in [0.25, 0.3) is 0 Å². The van der Waals surface area contributed by atoms with Crippen LogP contribution < -0.4 is 5.32 Å². The summed E-state index contributed by atoms with van der Waals surface area (Å²) in [5.74, 6) is 0. The van der Waals surface area contributed by atoms with Crippen molar-refractivity contribution < 1.29 is 9.47 Å². The monoisotopic (exact) mass is 292 g/mol. The fourth-order valence-electron chi connectivity index (χ4n) is 2.42. The molecular weight excluding hydrogens is 272 g/mol. The van der Waals surface area contributed by atoms with Gasteiger partial charge in [-0.25, -0.2) is 4.98 Å². The summed E-state index contributed by atoms with van der Waals surface area (Å²) in [6.07, 6.45) is 0.119. The van der Waals surface area contributed by atoms with E-state index in [1.165, 1.54) is 4.70 Å². The van der Waals surface area contributed by atoms with Crippen molar-refractivity contribution in [3.63, 3.8) is 0 Å². The Morgan fingerprint density at radius 2 is 2.30 bits per heavy atom. The number of hydrogen-bond acceptors (Lipinski definition) is 5. The smallest absolute Gasteiger partial charge is 0.120 e. The van der Waals surface area contributed by atoms with Gasteiger partial charge in [0, 0.05) is 13.1 Å². The number of benzene rings is 1. The van der Waals surface area contributed by atoms with Gasteiger partial charge in [-0.1, -0.05) is 12.1 Å². The minimum atomic E-state index is -0.109. The van der Waals surface area contributed by atoms with Crippen LogP contribution in [-0.4, -0.2) is 36.4 Å². The molecule has 2 heterocycles. The molecule has 4 nitrogen and oxygen atoms in total. The van der Waals surface area contributed by atoms with E-state index in [0.717, 1.165) is 23.6 Å². The van der Waals surface area contributed by atoms with E-state index in [2.05, 4.69) is 30.2 Å². The summed E-state index contributed by atoms with van der Waals surface area (Å²) in [6, 6.07) is 8.17. The molecule has 1 aromatic carbocycles. The average molecular weight is 292 g/mol. The summed E-state index contributed by atoms with van der Waals surface area (Å²) < 4.78 is 12.9. The van der Waals surface area contributed by atoms with Crippen LogP contribution in [0.2, 0.25) is 0 Å². The Bertz CT molecular complexity index is 549. The number of hydrogen-bond donors (Lipinski definition) is 1. The lowest BCUT2D eigenvalue weighted by molar-refractivity contribution is -0.122. The van der Waals surface area contributed by atoms with Crippen LogP contribution in [0.3, 0.4) is 0 Å². The van der Waals surface area contributed by atoms with E-state index in [4.69, 9.17) is 9.47 Å². The molecule has 1 atom stereocenters. The first-order valence-electron chi connectivity index (χ1n) is 6.93. The Morgan fingerprint density at radius 1 is 1.45 bits per heavy atom. The lowest BCUT2D eigenvalue weighted by Crippen LogP contribution is -2.51. The second-order valence-corrected chi connectivity index (χ2v) is 6.84. The molecule has 2 aromatic rings. The molecule has 3 rings (SSSR count). The summed E-state index contributed by atoms with van der Waals surface area (Å²) in [5.41, 5.74) is 0.940. The van der Waals surface area contributed by atoms with E-state index in [9.17, 15) is 0 Å². The molecule has 1 aliphatic rings. The molecule has 1 aliphatic heterocycles. The highest BCUT2D eigenvalue weighted by atomic mass is 32.1. The van der Waals surface area contributed by atoms with Gasteiger partial charge in [0.15, 0.2) is 0 Å². The Labute approximate surface area is 123 Å². The topological polar surface area (TPSA) is 43.4 Å². The lowest BCUT2D eigenvalue weighted by atomic mass is 10.1. The zero-order valence-corrected chi connectivity index (χ0v) is 12.7. The van der Waals surface area contributed by atoms with E-state index < -0.39 is 0 Å². The van der Waals surface area contributed by atoms with Gasteiger partial charge in [0.2, 0.25) is 0 Å². The highest BCUT2D eigenvalue weighted by Crippen LogP contribution is 2.22. The van der Waals surface area contributed by atoms with E-state index in [-0.39, 0.29) is 11.7 Å². The number of nitrogens with zero attached hydrogens (tertiary/aromatic N) is 1. The van der Waals surface area contributed by atoms with Crippen molar-refractivity contribution in [3.8, 4) is 0 Å². The van der Waals surface area contributed by atoms with E-state index in [1.807, 2.05) is 18.2 Å². The molecule has 5 heteroatoms. The summed E-state index contributed by atoms with van der Waals surface area (Å²) in [6.45, 7) is 7.09. The van der Waals surface area contributed by atoms with Crippen molar-refractivity contribution in [2.75, 3.05) is 19.7 Å². The van der Waals surface area contributed by atoms with Crippen LogP contribution in [0.1, 0.15) is 18.9 Å². The minimum absolute atomic E-state index is 0.109. The normalized spacial score (nSPS) is 22.2. The molecule has 0 amide bonds. The number of fused-ring (bicyclic) bond motifs is 1. The summed E-state index contributed by atoms with van der Waals surface area (Å²) in [5, 5.41) is 4.40. The first kappa shape index (κ1) is 13.9. The van der Waals surface area contributed by atoms with Gasteiger partial charge in [-0.2, -0.15) is 0 Å². The molecule has 108 valence electrons. The van der Waals surface area contributed by atoms with Crippen LogP contribution in [0, 0.1) is 0 Å². The number of aromatic nitrogens is 1. The van der Waals surface area contributed by atoms with Crippen LogP contribution in [0.15, 0.2) is 24.3 Å². The van der Waals surface area contributed by atoms with Gasteiger partial charge in [-0.3, -0.25) is 0 Å². The highest BCUT2D eigenvalue weighted by Gasteiger charge is 2.28. The molecule has 0 bridgehead atoms. The van der Waals surface area contributed by atoms with Gasteiger partial charge in [0.05, 0.1) is 35.1 Å². The molecule has 1 N–H and O–H groups in total. The summed E-state index contributed by atoms with van der Waals surface area (Å²) in [7, 11) is 0. The minimum Gasteiger partial charge on any atom is -0.372 e. The average Bonchev–Trinajstić information content (AvgIpc) is 2.80. The van der Waals surface area contributed by atoms with Crippen molar-refractivity contribution in [3.05, 3.63) is 29.3 Å². The molecule has 0 radical (unpaired) electrons. The van der Waals surface area contributed by atoms with Gasteiger partial charge in [0.1, 0.15) is 5.01 Å². The zero-order chi connectivity index (χ0) is 14.0. The van der Waals surface area contributed by atoms with E-state index in [1.54, 1.807) is 11.3 Å². The molecule has 1 aromatic heterocycles. The maximum atomic E-state index is 5.97. The Balaban J connectivity index is 1.52. The summed E-state index contributed by atoms with van der Waals surface area (Å²) in [4.78, 5) is 4.56. The first-order chi connectivity index (χ1) is 9.62. The zero-order valence-electron chi connectivity index (χ0n) is 11.9. The van der Waals surface area contributed by atoms with Crippen LogP contribution in [-0.2, 0) is 16.1 Å². The first-order valence-corrected chi connectivity index (χ1v) is 7.75. The number of nitrogens with one attached hydrogen (secondary N) is 1. The maximum Gasteiger partial charge on any atom is 0.120 e. The fraction of sp³-hybridized carbons (Fsp3) is 0.533. The predicted molar refractivity (Wildman–Crippen MR) is 81.1 cm³/mol. The summed E-state index contributed by atoms with van der Waals surface area (Å²) >= 11 is 1.69. The fourth-order valence-corrected chi connectivity index (χ4v) is 3.33. The maximum absolute atomic E-state index is 5.97. The van der Waals surface area contributed by atoms with Crippen molar-refractivity contribution in [2.24, 2.45) is 0 Å². The van der Waals surface area contributed by atoms with Gasteiger partial charge in [-0.05, 0) is 26.0 Å². The van der Waals surface area contributed by atoms with Gasteiger partial charge >= 0.3 is 0 Å². The molecule has 0 saturated carbocycles. The number of thiazole rings is 1. The van der Waals surface area contributed by atoms with Crippen LogP contribution in [0.5, 0.6) is 0 Å². The predicted octanol–water partition coefficient (Wildman–Crippen LogP) is 2.58. The van der Waals surface area contributed by atoms with Gasteiger partial charge < -0.3 is 14.8 Å². The number of rotatable bonds is 4. The highest BCUT2D eigenvalue weighted by molar-refractivity contribution is 7.18. The van der Waals surface area contributed by atoms with Crippen molar-refractivity contribution in [2.45, 2.75) is 32.2 Å². The molecular formula is C15H20N2O2S. The second kappa shape index (κ2) is 5.77. The quantitative estimate of drug-likeness (QED) is 0.940. The Hall–Kier alpha value is -1.01. The number of morpholine rings is 1.